The van der Waals surface area contributed by atoms with Crippen LogP contribution in [0.1, 0.15) is 27.7 Å². The third-order valence-electron chi connectivity index (χ3n) is 2.45. The molecule has 2 aromatic rings. The molecule has 18 heavy (non-hydrogen) atoms. The van der Waals surface area contributed by atoms with Crippen LogP contribution in [0.3, 0.4) is 0 Å². The van der Waals surface area contributed by atoms with Gasteiger partial charge in [-0.1, -0.05) is 30.3 Å². The van der Waals surface area contributed by atoms with Crippen LogP contribution in [0.2, 0.25) is 0 Å². The van der Waals surface area contributed by atoms with E-state index in [2.05, 4.69) is 5.32 Å². The second-order valence-electron chi connectivity index (χ2n) is 3.92. The molecule has 0 bridgehead atoms. The van der Waals surface area contributed by atoms with Crippen LogP contribution in [0.5, 0.6) is 0 Å². The molecule has 1 aromatic heterocycles. The van der Waals surface area contributed by atoms with E-state index in [1.807, 2.05) is 29.6 Å². The molecular formula is C14H13NO2S. The summed E-state index contributed by atoms with van der Waals surface area (Å²) in [5, 5.41) is 4.61. The lowest BCUT2D eigenvalue weighted by Crippen LogP contribution is -2.18. The number of hydrogen-bond donors (Lipinski definition) is 1. The van der Waals surface area contributed by atoms with E-state index >= 15 is 0 Å². The summed E-state index contributed by atoms with van der Waals surface area (Å²) in [7, 11) is 0. The average Bonchev–Trinajstić information content (AvgIpc) is 2.85. The summed E-state index contributed by atoms with van der Waals surface area (Å²) in [6.07, 6.45) is 0. The minimum Gasteiger partial charge on any atom is -0.352 e. The molecule has 1 aromatic carbocycles. The third kappa shape index (κ3) is 3.05. The number of rotatable bonds is 4. The lowest BCUT2D eigenvalue weighted by Gasteiger charge is -1.98. The molecule has 4 heteroatoms. The Morgan fingerprint density at radius 3 is 2.61 bits per heavy atom. The van der Waals surface area contributed by atoms with Gasteiger partial charge < -0.3 is 5.32 Å². The molecule has 1 heterocycles. The molecule has 0 spiro atoms. The molecule has 0 aliphatic rings. The minimum absolute atomic E-state index is 0.0228. The number of amides is 1. The predicted octanol–water partition coefficient (Wildman–Crippen LogP) is 2.62. The summed E-state index contributed by atoms with van der Waals surface area (Å²) < 4.78 is 0. The van der Waals surface area contributed by atoms with Gasteiger partial charge in [-0.15, -0.1) is 11.3 Å². The van der Waals surface area contributed by atoms with Gasteiger partial charge in [0.2, 0.25) is 11.7 Å². The maximum Gasteiger partial charge on any atom is 0.217 e. The van der Waals surface area contributed by atoms with Gasteiger partial charge in [0.15, 0.2) is 0 Å². The van der Waals surface area contributed by atoms with Crippen molar-refractivity contribution in [3.05, 3.63) is 57.8 Å². The zero-order valence-electron chi connectivity index (χ0n) is 9.97. The zero-order valence-corrected chi connectivity index (χ0v) is 10.8. The summed E-state index contributed by atoms with van der Waals surface area (Å²) in [6.45, 7) is 1.94. The number of thiophene rings is 1. The van der Waals surface area contributed by atoms with Crippen LogP contribution in [0, 0.1) is 0 Å². The summed E-state index contributed by atoms with van der Waals surface area (Å²) in [6, 6.07) is 11.0. The fourth-order valence-electron chi connectivity index (χ4n) is 1.55. The van der Waals surface area contributed by atoms with Crippen LogP contribution in [0.4, 0.5) is 0 Å². The fourth-order valence-corrected chi connectivity index (χ4v) is 2.42. The molecule has 0 radical (unpaired) electrons. The highest BCUT2D eigenvalue weighted by Crippen LogP contribution is 2.18. The minimum atomic E-state index is -0.0721. The van der Waals surface area contributed by atoms with E-state index in [4.69, 9.17) is 0 Å². The summed E-state index contributed by atoms with van der Waals surface area (Å²) >= 11 is 1.40. The monoisotopic (exact) mass is 259 g/mol. The molecule has 0 saturated carbocycles. The molecule has 0 aliphatic heterocycles. The van der Waals surface area contributed by atoms with Crippen LogP contribution in [0.25, 0.3) is 0 Å². The number of nitrogens with one attached hydrogen (secondary N) is 1. The maximum atomic E-state index is 12.1. The normalized spacial score (nSPS) is 10.1. The number of carbonyl (C=O) groups excluding carboxylic acids is 2. The molecule has 0 atom stereocenters. The highest BCUT2D eigenvalue weighted by molar-refractivity contribution is 7.12. The SMILES string of the molecule is CC(=O)NCc1csc(C(=O)c2ccccc2)c1. The van der Waals surface area contributed by atoms with Crippen molar-refractivity contribution < 1.29 is 9.59 Å². The van der Waals surface area contributed by atoms with Gasteiger partial charge in [0.25, 0.3) is 0 Å². The number of benzene rings is 1. The molecule has 0 aliphatic carbocycles. The van der Waals surface area contributed by atoms with Crippen molar-refractivity contribution >= 4 is 23.0 Å². The molecule has 0 saturated heterocycles. The number of ketones is 1. The molecule has 0 unspecified atom stereocenters. The fraction of sp³-hybridized carbons (Fsp3) is 0.143. The van der Waals surface area contributed by atoms with Crippen molar-refractivity contribution in [1.29, 1.82) is 0 Å². The molecule has 1 amide bonds. The van der Waals surface area contributed by atoms with Gasteiger partial charge >= 0.3 is 0 Å². The number of hydrogen-bond acceptors (Lipinski definition) is 3. The Labute approximate surface area is 109 Å². The van der Waals surface area contributed by atoms with Crippen LogP contribution in [-0.2, 0) is 11.3 Å². The smallest absolute Gasteiger partial charge is 0.217 e. The first-order valence-corrected chi connectivity index (χ1v) is 6.46. The Balaban J connectivity index is 2.10. The summed E-state index contributed by atoms with van der Waals surface area (Å²) in [4.78, 5) is 23.6. The third-order valence-corrected chi connectivity index (χ3v) is 3.43. The van der Waals surface area contributed by atoms with Crippen LogP contribution in [0.15, 0.2) is 41.8 Å². The van der Waals surface area contributed by atoms with Crippen molar-refractivity contribution in [3.63, 3.8) is 0 Å². The van der Waals surface area contributed by atoms with Gasteiger partial charge in [0.1, 0.15) is 0 Å². The van der Waals surface area contributed by atoms with Crippen LogP contribution < -0.4 is 5.32 Å². The standard InChI is InChI=1S/C14H13NO2S/c1-10(16)15-8-11-7-13(18-9-11)14(17)12-5-3-2-4-6-12/h2-7,9H,8H2,1H3,(H,15,16). The van der Waals surface area contributed by atoms with E-state index in [9.17, 15) is 9.59 Å². The Kier molecular flexibility index (Phi) is 3.89. The maximum absolute atomic E-state index is 12.1. The van der Waals surface area contributed by atoms with Gasteiger partial charge in [0.05, 0.1) is 4.88 Å². The lowest BCUT2D eigenvalue weighted by atomic mass is 10.1. The van der Waals surface area contributed by atoms with Gasteiger partial charge in [-0.05, 0) is 17.0 Å². The Hall–Kier alpha value is -1.94. The van der Waals surface area contributed by atoms with Crippen molar-refractivity contribution in [2.24, 2.45) is 0 Å². The zero-order chi connectivity index (χ0) is 13.0. The second-order valence-corrected chi connectivity index (χ2v) is 4.84. The summed E-state index contributed by atoms with van der Waals surface area (Å²) in [5.74, 6) is -0.0492. The second kappa shape index (κ2) is 5.60. The van der Waals surface area contributed by atoms with E-state index < -0.39 is 0 Å². The molecule has 1 N–H and O–H groups in total. The van der Waals surface area contributed by atoms with E-state index in [0.717, 1.165) is 5.56 Å². The highest BCUT2D eigenvalue weighted by atomic mass is 32.1. The lowest BCUT2D eigenvalue weighted by molar-refractivity contribution is -0.119. The van der Waals surface area contributed by atoms with Crippen molar-refractivity contribution in [2.45, 2.75) is 13.5 Å². The largest absolute Gasteiger partial charge is 0.352 e. The molecule has 92 valence electrons. The van der Waals surface area contributed by atoms with E-state index in [1.54, 1.807) is 12.1 Å². The van der Waals surface area contributed by atoms with Crippen molar-refractivity contribution in [1.82, 2.24) is 5.32 Å². The topological polar surface area (TPSA) is 46.2 Å². The first-order chi connectivity index (χ1) is 8.66. The first kappa shape index (κ1) is 12.5. The highest BCUT2D eigenvalue weighted by Gasteiger charge is 2.11. The Morgan fingerprint density at radius 1 is 1.22 bits per heavy atom. The van der Waals surface area contributed by atoms with E-state index in [1.165, 1.54) is 18.3 Å². The Bertz CT molecular complexity index is 560. The Morgan fingerprint density at radius 2 is 1.94 bits per heavy atom. The van der Waals surface area contributed by atoms with Crippen molar-refractivity contribution in [3.8, 4) is 0 Å². The van der Waals surface area contributed by atoms with Crippen LogP contribution in [-0.4, -0.2) is 11.7 Å². The van der Waals surface area contributed by atoms with Gasteiger partial charge in [-0.25, -0.2) is 0 Å². The quantitative estimate of drug-likeness (QED) is 0.858. The predicted molar refractivity (Wildman–Crippen MR) is 71.7 cm³/mol. The van der Waals surface area contributed by atoms with Crippen LogP contribution >= 0.6 is 11.3 Å². The average molecular weight is 259 g/mol. The molecule has 3 nitrogen and oxygen atoms in total. The molecule has 0 fully saturated rings. The van der Waals surface area contributed by atoms with Crippen molar-refractivity contribution in [2.75, 3.05) is 0 Å². The van der Waals surface area contributed by atoms with Gasteiger partial charge in [-0.2, -0.15) is 0 Å². The molecular weight excluding hydrogens is 246 g/mol. The van der Waals surface area contributed by atoms with E-state index in [-0.39, 0.29) is 11.7 Å². The number of carbonyl (C=O) groups is 2. The van der Waals surface area contributed by atoms with Gasteiger partial charge in [-0.3, -0.25) is 9.59 Å². The van der Waals surface area contributed by atoms with E-state index in [0.29, 0.717) is 17.0 Å². The van der Waals surface area contributed by atoms with Gasteiger partial charge in [0, 0.05) is 19.0 Å². The first-order valence-electron chi connectivity index (χ1n) is 5.58. The molecule has 2 rings (SSSR count). The summed E-state index contributed by atoms with van der Waals surface area (Å²) in [5.41, 5.74) is 1.64.